The highest BCUT2D eigenvalue weighted by atomic mass is 16.1. The van der Waals surface area contributed by atoms with Gasteiger partial charge in [-0.1, -0.05) is 43.2 Å². The van der Waals surface area contributed by atoms with Crippen LogP contribution in [0.2, 0.25) is 0 Å². The highest BCUT2D eigenvalue weighted by molar-refractivity contribution is 5.93. The number of nitrogens with two attached hydrogens (primary N) is 2. The van der Waals surface area contributed by atoms with Crippen molar-refractivity contribution in [1.82, 2.24) is 14.8 Å². The zero-order valence-electron chi connectivity index (χ0n) is 19.2. The SMILES string of the molecule is CN1c2ccccc2CC1(C(N)=O)c1ccc(-n2nc(C3CCCC3)c3ccnc(N)c32)cc1. The monoisotopic (exact) mass is 452 g/mol. The van der Waals surface area contributed by atoms with Crippen LogP contribution in [-0.2, 0) is 16.8 Å². The van der Waals surface area contributed by atoms with Crippen molar-refractivity contribution >= 4 is 28.3 Å². The van der Waals surface area contributed by atoms with Crippen LogP contribution in [0.3, 0.4) is 0 Å². The van der Waals surface area contributed by atoms with E-state index < -0.39 is 5.54 Å². The number of hydrogen-bond acceptors (Lipinski definition) is 5. The summed E-state index contributed by atoms with van der Waals surface area (Å²) in [5.41, 5.74) is 17.3. The summed E-state index contributed by atoms with van der Waals surface area (Å²) in [7, 11) is 1.94. The smallest absolute Gasteiger partial charge is 0.248 e. The third-order valence-electron chi connectivity index (χ3n) is 7.76. The molecule has 0 spiro atoms. The van der Waals surface area contributed by atoms with Crippen LogP contribution in [0.5, 0.6) is 0 Å². The second-order valence-corrected chi connectivity index (χ2v) is 9.51. The van der Waals surface area contributed by atoms with E-state index in [0.29, 0.717) is 18.2 Å². The molecule has 1 unspecified atom stereocenters. The quantitative estimate of drug-likeness (QED) is 0.487. The van der Waals surface area contributed by atoms with Crippen molar-refractivity contribution in [3.63, 3.8) is 0 Å². The molecule has 7 nitrogen and oxygen atoms in total. The Hall–Kier alpha value is -3.87. The molecule has 1 aliphatic carbocycles. The Bertz CT molecular complexity index is 1400. The van der Waals surface area contributed by atoms with Crippen molar-refractivity contribution in [3.8, 4) is 5.69 Å². The Morgan fingerprint density at radius 3 is 2.50 bits per heavy atom. The van der Waals surface area contributed by atoms with Crippen LogP contribution in [0, 0.1) is 0 Å². The first-order valence-electron chi connectivity index (χ1n) is 11.9. The van der Waals surface area contributed by atoms with Crippen LogP contribution in [0.15, 0.2) is 60.8 Å². The van der Waals surface area contributed by atoms with E-state index in [4.69, 9.17) is 16.6 Å². The van der Waals surface area contributed by atoms with Gasteiger partial charge in [0, 0.05) is 36.7 Å². The summed E-state index contributed by atoms with van der Waals surface area (Å²) >= 11 is 0. The molecule has 7 heteroatoms. The number of primary amides is 1. The molecule has 4 N–H and O–H groups in total. The van der Waals surface area contributed by atoms with Gasteiger partial charge in [-0.2, -0.15) is 5.10 Å². The standard InChI is InChI=1S/C27H28N6O/c1-32-22-9-5-4-8-18(22)16-27(32,26(29)34)19-10-12-20(13-11-19)33-24-21(14-15-30-25(24)28)23(31-33)17-6-2-3-7-17/h4-5,8-15,17H,2-3,6-7,16H2,1H3,(H2,28,30)(H2,29,34). The summed E-state index contributed by atoms with van der Waals surface area (Å²) in [5.74, 6) is 0.562. The molecule has 6 rings (SSSR count). The van der Waals surface area contributed by atoms with Crippen molar-refractivity contribution in [3.05, 3.63) is 77.6 Å². The fourth-order valence-electron chi connectivity index (χ4n) is 5.95. The number of benzene rings is 2. The number of aromatic nitrogens is 3. The first kappa shape index (κ1) is 20.7. The molecule has 2 aliphatic rings. The fourth-order valence-corrected chi connectivity index (χ4v) is 5.95. The minimum Gasteiger partial charge on any atom is -0.382 e. The van der Waals surface area contributed by atoms with Crippen molar-refractivity contribution in [2.24, 2.45) is 5.73 Å². The molecular formula is C27H28N6O. The normalized spacial score (nSPS) is 20.2. The third kappa shape index (κ3) is 2.86. The highest BCUT2D eigenvalue weighted by Gasteiger charge is 2.48. The van der Waals surface area contributed by atoms with Gasteiger partial charge in [-0.3, -0.25) is 4.79 Å². The number of nitrogens with zero attached hydrogens (tertiary/aromatic N) is 4. The van der Waals surface area contributed by atoms with Gasteiger partial charge in [-0.15, -0.1) is 0 Å². The molecule has 0 bridgehead atoms. The van der Waals surface area contributed by atoms with E-state index in [1.54, 1.807) is 6.20 Å². The van der Waals surface area contributed by atoms with Gasteiger partial charge >= 0.3 is 0 Å². The van der Waals surface area contributed by atoms with Crippen molar-refractivity contribution < 1.29 is 4.79 Å². The van der Waals surface area contributed by atoms with E-state index in [2.05, 4.69) is 11.1 Å². The molecular weight excluding hydrogens is 424 g/mol. The first-order chi connectivity index (χ1) is 16.5. The minimum atomic E-state index is -0.927. The average molecular weight is 453 g/mol. The predicted molar refractivity (Wildman–Crippen MR) is 134 cm³/mol. The number of fused-ring (bicyclic) bond motifs is 2. The zero-order valence-corrected chi connectivity index (χ0v) is 19.2. The van der Waals surface area contributed by atoms with Crippen molar-refractivity contribution in [2.75, 3.05) is 17.7 Å². The molecule has 0 saturated heterocycles. The molecule has 2 aromatic heterocycles. The zero-order chi connectivity index (χ0) is 23.4. The lowest BCUT2D eigenvalue weighted by Gasteiger charge is -2.35. The number of nitrogen functional groups attached to an aromatic ring is 1. The van der Waals surface area contributed by atoms with Gasteiger partial charge in [0.05, 0.1) is 11.4 Å². The third-order valence-corrected chi connectivity index (χ3v) is 7.76. The first-order valence-corrected chi connectivity index (χ1v) is 11.9. The van der Waals surface area contributed by atoms with Crippen LogP contribution >= 0.6 is 0 Å². The van der Waals surface area contributed by atoms with Gasteiger partial charge in [0.1, 0.15) is 16.9 Å². The molecule has 3 heterocycles. The number of para-hydroxylation sites is 1. The van der Waals surface area contributed by atoms with Crippen LogP contribution in [-0.4, -0.2) is 27.7 Å². The molecule has 1 fully saturated rings. The van der Waals surface area contributed by atoms with Gasteiger partial charge < -0.3 is 16.4 Å². The number of likely N-dealkylation sites (N-methyl/N-ethyl adjacent to an activating group) is 1. The summed E-state index contributed by atoms with van der Waals surface area (Å²) in [5, 5.41) is 6.10. The van der Waals surface area contributed by atoms with Crippen LogP contribution < -0.4 is 16.4 Å². The lowest BCUT2D eigenvalue weighted by molar-refractivity contribution is -0.123. The Morgan fingerprint density at radius 2 is 1.79 bits per heavy atom. The minimum absolute atomic E-state index is 0.361. The molecule has 2 aromatic carbocycles. The molecule has 34 heavy (non-hydrogen) atoms. The Labute approximate surface area is 198 Å². The van der Waals surface area contributed by atoms with E-state index in [1.807, 2.05) is 65.2 Å². The number of pyridine rings is 1. The summed E-state index contributed by atoms with van der Waals surface area (Å²) in [6.07, 6.45) is 7.08. The summed E-state index contributed by atoms with van der Waals surface area (Å²) in [4.78, 5) is 19.2. The molecule has 1 atom stereocenters. The lowest BCUT2D eigenvalue weighted by Crippen LogP contribution is -2.52. The molecule has 172 valence electrons. The van der Waals surface area contributed by atoms with Gasteiger partial charge in [-0.05, 0) is 48.2 Å². The summed E-state index contributed by atoms with van der Waals surface area (Å²) in [6, 6.07) is 18.0. The number of amides is 1. The Morgan fingerprint density at radius 1 is 1.06 bits per heavy atom. The predicted octanol–water partition coefficient (Wildman–Crippen LogP) is 4.03. The number of carbonyl (C=O) groups is 1. The van der Waals surface area contributed by atoms with Gasteiger partial charge in [0.15, 0.2) is 0 Å². The largest absolute Gasteiger partial charge is 0.382 e. The number of hydrogen-bond donors (Lipinski definition) is 2. The maximum Gasteiger partial charge on any atom is 0.248 e. The molecule has 4 aromatic rings. The Kier molecular flexibility index (Phi) is 4.62. The number of carbonyl (C=O) groups excluding carboxylic acids is 1. The van der Waals surface area contributed by atoms with E-state index in [9.17, 15) is 4.79 Å². The van der Waals surface area contributed by atoms with Crippen molar-refractivity contribution in [1.29, 1.82) is 0 Å². The molecule has 1 amide bonds. The van der Waals surface area contributed by atoms with Gasteiger partial charge in [-0.25, -0.2) is 9.67 Å². The highest BCUT2D eigenvalue weighted by Crippen LogP contribution is 2.44. The summed E-state index contributed by atoms with van der Waals surface area (Å²) in [6.45, 7) is 0. The number of rotatable bonds is 4. The van der Waals surface area contributed by atoms with E-state index in [1.165, 1.54) is 12.8 Å². The van der Waals surface area contributed by atoms with Gasteiger partial charge in [0.25, 0.3) is 0 Å². The molecule has 1 aliphatic heterocycles. The van der Waals surface area contributed by atoms with E-state index in [-0.39, 0.29) is 5.91 Å². The van der Waals surface area contributed by atoms with Crippen LogP contribution in [0.4, 0.5) is 11.5 Å². The second kappa shape index (κ2) is 7.58. The van der Waals surface area contributed by atoms with Crippen LogP contribution in [0.1, 0.15) is 48.4 Å². The molecule has 0 radical (unpaired) electrons. The van der Waals surface area contributed by atoms with E-state index >= 15 is 0 Å². The lowest BCUT2D eigenvalue weighted by atomic mass is 9.85. The Balaban J connectivity index is 1.45. The fraction of sp³-hybridized carbons (Fsp3) is 0.296. The van der Waals surface area contributed by atoms with Crippen LogP contribution in [0.25, 0.3) is 16.6 Å². The molecule has 1 saturated carbocycles. The van der Waals surface area contributed by atoms with E-state index in [0.717, 1.165) is 51.9 Å². The van der Waals surface area contributed by atoms with Gasteiger partial charge in [0.2, 0.25) is 5.91 Å². The maximum absolute atomic E-state index is 12.9. The topological polar surface area (TPSA) is 103 Å². The summed E-state index contributed by atoms with van der Waals surface area (Å²) < 4.78 is 1.90. The number of anilines is 2. The maximum atomic E-state index is 12.9. The average Bonchev–Trinajstić information content (AvgIpc) is 3.57. The van der Waals surface area contributed by atoms with Crippen molar-refractivity contribution in [2.45, 2.75) is 43.6 Å². The second-order valence-electron chi connectivity index (χ2n) is 9.51.